The van der Waals surface area contributed by atoms with Crippen molar-refractivity contribution in [1.82, 2.24) is 0 Å². The zero-order valence-electron chi connectivity index (χ0n) is 14.3. The first-order valence-electron chi connectivity index (χ1n) is 8.60. The van der Waals surface area contributed by atoms with Crippen LogP contribution in [-0.4, -0.2) is 28.6 Å². The number of terminal acetylenes is 1. The molecule has 0 aromatic rings. The Labute approximate surface area is 133 Å². The molecule has 0 aliphatic carbocycles. The number of unbranched alkanes of at least 4 members (excludes halogenated alkanes) is 7. The molecular weight excluding hydrogens is 280 g/mol. The molecule has 0 heterocycles. The van der Waals surface area contributed by atoms with E-state index in [1.54, 1.807) is 0 Å². The van der Waals surface area contributed by atoms with Crippen LogP contribution in [0.25, 0.3) is 0 Å². The molecule has 0 aliphatic rings. The summed E-state index contributed by atoms with van der Waals surface area (Å²) in [6.45, 7) is 8.03. The van der Waals surface area contributed by atoms with Gasteiger partial charge in [0.2, 0.25) is 0 Å². The Morgan fingerprint density at radius 3 is 1.57 bits per heavy atom. The van der Waals surface area contributed by atoms with Gasteiger partial charge in [-0.3, -0.25) is 0 Å². The first-order chi connectivity index (χ1) is 10.2. The maximum atomic E-state index is 5.86. The molecule has 0 rings (SSSR count). The van der Waals surface area contributed by atoms with Gasteiger partial charge in [-0.25, -0.2) is 0 Å². The number of rotatable bonds is 15. The molecule has 3 nitrogen and oxygen atoms in total. The van der Waals surface area contributed by atoms with E-state index in [0.29, 0.717) is 19.8 Å². The van der Waals surface area contributed by atoms with Crippen molar-refractivity contribution in [3.8, 4) is 12.3 Å². The second-order valence-electron chi connectivity index (χ2n) is 5.16. The maximum absolute atomic E-state index is 5.86. The van der Waals surface area contributed by atoms with Gasteiger partial charge < -0.3 is 13.3 Å². The zero-order valence-corrected chi connectivity index (χ0v) is 15.3. The van der Waals surface area contributed by atoms with Crippen LogP contribution in [0, 0.1) is 12.3 Å². The highest BCUT2D eigenvalue weighted by molar-refractivity contribution is 6.60. The Balaban J connectivity index is 3.79. The van der Waals surface area contributed by atoms with Crippen LogP contribution in [0.15, 0.2) is 0 Å². The zero-order chi connectivity index (χ0) is 15.8. The smallest absolute Gasteiger partial charge is 0.374 e. The Hall–Kier alpha value is -0.343. The molecule has 0 unspecified atom stereocenters. The summed E-state index contributed by atoms with van der Waals surface area (Å²) in [6, 6.07) is 0.944. The number of hydrogen-bond donors (Lipinski definition) is 0. The lowest BCUT2D eigenvalue weighted by Gasteiger charge is -2.28. The van der Waals surface area contributed by atoms with Gasteiger partial charge in [0.25, 0.3) is 0 Å². The lowest BCUT2D eigenvalue weighted by atomic mass is 10.1. The van der Waals surface area contributed by atoms with Crippen molar-refractivity contribution in [1.29, 1.82) is 0 Å². The van der Waals surface area contributed by atoms with Crippen LogP contribution in [0.5, 0.6) is 0 Å². The van der Waals surface area contributed by atoms with Gasteiger partial charge in [-0.15, -0.1) is 12.3 Å². The van der Waals surface area contributed by atoms with Gasteiger partial charge in [0.15, 0.2) is 0 Å². The standard InChI is InChI=1S/C17H34O3Si/c1-5-9-10-11-12-13-14-15-16-17-21(18-6-2,19-7-3)20-8-4/h1H,6-17H2,2-4H3. The second kappa shape index (κ2) is 14.6. The summed E-state index contributed by atoms with van der Waals surface area (Å²) in [6.07, 6.45) is 14.9. The molecular formula is C17H34O3Si. The van der Waals surface area contributed by atoms with Crippen LogP contribution in [0.4, 0.5) is 0 Å². The summed E-state index contributed by atoms with van der Waals surface area (Å²) in [5.41, 5.74) is 0. The van der Waals surface area contributed by atoms with Gasteiger partial charge in [-0.1, -0.05) is 32.1 Å². The monoisotopic (exact) mass is 314 g/mol. The van der Waals surface area contributed by atoms with E-state index in [-0.39, 0.29) is 0 Å². The highest BCUT2D eigenvalue weighted by Crippen LogP contribution is 2.20. The minimum absolute atomic E-state index is 0.668. The third kappa shape index (κ3) is 11.0. The van der Waals surface area contributed by atoms with E-state index >= 15 is 0 Å². The number of hydrogen-bond acceptors (Lipinski definition) is 3. The fraction of sp³-hybridized carbons (Fsp3) is 0.882. The molecule has 0 radical (unpaired) electrons. The minimum Gasteiger partial charge on any atom is -0.374 e. The summed E-state index contributed by atoms with van der Waals surface area (Å²) in [4.78, 5) is 0. The van der Waals surface area contributed by atoms with Crippen LogP contribution < -0.4 is 0 Å². The van der Waals surface area contributed by atoms with Crippen molar-refractivity contribution >= 4 is 8.80 Å². The third-order valence-corrected chi connectivity index (χ3v) is 6.55. The van der Waals surface area contributed by atoms with E-state index in [0.717, 1.165) is 18.9 Å². The van der Waals surface area contributed by atoms with Gasteiger partial charge >= 0.3 is 8.80 Å². The molecule has 0 aromatic carbocycles. The van der Waals surface area contributed by atoms with E-state index in [2.05, 4.69) is 5.92 Å². The van der Waals surface area contributed by atoms with Gasteiger partial charge in [0.1, 0.15) is 0 Å². The lowest BCUT2D eigenvalue weighted by Crippen LogP contribution is -2.45. The van der Waals surface area contributed by atoms with Crippen molar-refractivity contribution in [2.45, 2.75) is 78.2 Å². The second-order valence-corrected chi connectivity index (χ2v) is 7.89. The maximum Gasteiger partial charge on any atom is 0.500 e. The Bertz CT molecular complexity index is 246. The summed E-state index contributed by atoms with van der Waals surface area (Å²) >= 11 is 0. The fourth-order valence-electron chi connectivity index (χ4n) is 2.45. The molecule has 0 amide bonds. The van der Waals surface area contributed by atoms with Gasteiger partial charge in [0.05, 0.1) is 0 Å². The molecule has 0 fully saturated rings. The van der Waals surface area contributed by atoms with Crippen LogP contribution >= 0.6 is 0 Å². The van der Waals surface area contributed by atoms with Crippen LogP contribution in [0.1, 0.15) is 72.1 Å². The largest absolute Gasteiger partial charge is 0.500 e. The summed E-state index contributed by atoms with van der Waals surface area (Å²) in [5.74, 6) is 2.69. The van der Waals surface area contributed by atoms with Crippen LogP contribution in [0.2, 0.25) is 6.04 Å². The summed E-state index contributed by atoms with van der Waals surface area (Å²) in [7, 11) is -2.40. The molecule has 0 atom stereocenters. The van der Waals surface area contributed by atoms with E-state index in [1.807, 2.05) is 20.8 Å². The molecule has 21 heavy (non-hydrogen) atoms. The van der Waals surface area contributed by atoms with Crippen molar-refractivity contribution < 1.29 is 13.3 Å². The Kier molecular flexibility index (Phi) is 14.3. The van der Waals surface area contributed by atoms with Crippen molar-refractivity contribution in [3.05, 3.63) is 0 Å². The average Bonchev–Trinajstić information content (AvgIpc) is 2.46. The molecule has 0 aromatic heterocycles. The molecule has 0 aliphatic heterocycles. The fourth-order valence-corrected chi connectivity index (χ4v) is 5.14. The van der Waals surface area contributed by atoms with Gasteiger partial charge in [-0.05, 0) is 33.6 Å². The summed E-state index contributed by atoms with van der Waals surface area (Å²) in [5, 5.41) is 0. The normalized spacial score (nSPS) is 11.5. The van der Waals surface area contributed by atoms with Crippen molar-refractivity contribution in [3.63, 3.8) is 0 Å². The van der Waals surface area contributed by atoms with Gasteiger partial charge in [-0.2, -0.15) is 0 Å². The molecule has 0 N–H and O–H groups in total. The predicted octanol–water partition coefficient (Wildman–Crippen LogP) is 4.79. The predicted molar refractivity (Wildman–Crippen MR) is 91.2 cm³/mol. The van der Waals surface area contributed by atoms with Crippen molar-refractivity contribution in [2.75, 3.05) is 19.8 Å². The van der Waals surface area contributed by atoms with E-state index in [1.165, 1.54) is 38.5 Å². The van der Waals surface area contributed by atoms with E-state index < -0.39 is 8.80 Å². The van der Waals surface area contributed by atoms with E-state index in [9.17, 15) is 0 Å². The Morgan fingerprint density at radius 2 is 1.14 bits per heavy atom. The molecule has 4 heteroatoms. The van der Waals surface area contributed by atoms with E-state index in [4.69, 9.17) is 19.7 Å². The third-order valence-electron chi connectivity index (χ3n) is 3.40. The molecule has 0 spiro atoms. The van der Waals surface area contributed by atoms with Crippen molar-refractivity contribution in [2.24, 2.45) is 0 Å². The first-order valence-corrected chi connectivity index (χ1v) is 10.5. The van der Waals surface area contributed by atoms with Crippen LogP contribution in [0.3, 0.4) is 0 Å². The summed E-state index contributed by atoms with van der Waals surface area (Å²) < 4.78 is 17.6. The highest BCUT2D eigenvalue weighted by atomic mass is 28.4. The lowest BCUT2D eigenvalue weighted by molar-refractivity contribution is 0.0706. The molecule has 0 saturated carbocycles. The Morgan fingerprint density at radius 1 is 0.714 bits per heavy atom. The quantitative estimate of drug-likeness (QED) is 0.247. The molecule has 124 valence electrons. The first kappa shape index (κ1) is 20.7. The average molecular weight is 315 g/mol. The topological polar surface area (TPSA) is 27.7 Å². The SMILES string of the molecule is C#CCCCCCCCCC[Si](OCC)(OCC)OCC. The molecule has 0 saturated heterocycles. The van der Waals surface area contributed by atoms with Crippen LogP contribution in [-0.2, 0) is 13.3 Å². The minimum atomic E-state index is -2.40. The van der Waals surface area contributed by atoms with Gasteiger partial charge in [0, 0.05) is 32.3 Å². The molecule has 0 bridgehead atoms. The highest BCUT2D eigenvalue weighted by Gasteiger charge is 2.39.